The van der Waals surface area contributed by atoms with Gasteiger partial charge in [0.1, 0.15) is 11.4 Å². The van der Waals surface area contributed by atoms with Crippen molar-refractivity contribution in [2.24, 2.45) is 0 Å². The molecule has 5 rings (SSSR count). The van der Waals surface area contributed by atoms with Crippen molar-refractivity contribution in [2.75, 3.05) is 0 Å². The van der Waals surface area contributed by atoms with Crippen LogP contribution in [-0.2, 0) is 0 Å². The van der Waals surface area contributed by atoms with Gasteiger partial charge >= 0.3 is 0 Å². The Kier molecular flexibility index (Phi) is 3.59. The number of aromatic nitrogens is 5. The minimum atomic E-state index is 0.768. The van der Waals surface area contributed by atoms with Crippen molar-refractivity contribution >= 4 is 22.1 Å². The van der Waals surface area contributed by atoms with Gasteiger partial charge in [0.05, 0.1) is 22.1 Å². The zero-order chi connectivity index (χ0) is 19.4. The van der Waals surface area contributed by atoms with Gasteiger partial charge in [-0.2, -0.15) is 0 Å². The van der Waals surface area contributed by atoms with E-state index in [0.717, 1.165) is 45.1 Å². The van der Waals surface area contributed by atoms with Crippen molar-refractivity contribution in [1.82, 2.24) is 24.9 Å². The van der Waals surface area contributed by atoms with Crippen LogP contribution < -0.4 is 0 Å². The molecule has 0 bridgehead atoms. The standard InChI is InChI=1S/C23H21N5/c1-12-8-18-19(9-13(12)2)26-22(25-18)16-6-5-7-17(24-16)23-27-20-10-14(3)15(4)11-21(20)28-23/h5-11H,1-4H3,(H,25,26)(H,27,28). The van der Waals surface area contributed by atoms with Gasteiger partial charge in [-0.15, -0.1) is 0 Å². The summed E-state index contributed by atoms with van der Waals surface area (Å²) >= 11 is 0. The number of imidazole rings is 2. The first kappa shape index (κ1) is 16.7. The van der Waals surface area contributed by atoms with Crippen LogP contribution in [0.25, 0.3) is 45.1 Å². The van der Waals surface area contributed by atoms with Gasteiger partial charge in [-0.05, 0) is 86.3 Å². The Bertz CT molecular complexity index is 1180. The van der Waals surface area contributed by atoms with E-state index < -0.39 is 0 Å². The zero-order valence-electron chi connectivity index (χ0n) is 16.4. The Morgan fingerprint density at radius 1 is 0.571 bits per heavy atom. The van der Waals surface area contributed by atoms with E-state index in [4.69, 9.17) is 15.0 Å². The Morgan fingerprint density at radius 2 is 1.00 bits per heavy atom. The van der Waals surface area contributed by atoms with E-state index in [1.807, 2.05) is 18.2 Å². The molecule has 138 valence electrons. The van der Waals surface area contributed by atoms with Gasteiger partial charge in [-0.25, -0.2) is 15.0 Å². The number of hydrogen-bond acceptors (Lipinski definition) is 3. The molecule has 0 aliphatic rings. The van der Waals surface area contributed by atoms with Gasteiger partial charge < -0.3 is 9.97 Å². The number of aryl methyl sites for hydroxylation is 4. The minimum Gasteiger partial charge on any atom is -0.337 e. The van der Waals surface area contributed by atoms with Crippen molar-refractivity contribution in [3.63, 3.8) is 0 Å². The van der Waals surface area contributed by atoms with Crippen molar-refractivity contribution in [1.29, 1.82) is 0 Å². The van der Waals surface area contributed by atoms with Gasteiger partial charge in [-0.1, -0.05) is 6.07 Å². The minimum absolute atomic E-state index is 0.768. The average Bonchev–Trinajstić information content (AvgIpc) is 3.26. The highest BCUT2D eigenvalue weighted by Crippen LogP contribution is 2.25. The Hall–Kier alpha value is -3.47. The molecule has 0 saturated carbocycles. The molecule has 2 aromatic carbocycles. The predicted molar refractivity (Wildman–Crippen MR) is 113 cm³/mol. The fourth-order valence-electron chi connectivity index (χ4n) is 3.48. The fraction of sp³-hybridized carbons (Fsp3) is 0.174. The van der Waals surface area contributed by atoms with Gasteiger partial charge in [0.15, 0.2) is 11.6 Å². The summed E-state index contributed by atoms with van der Waals surface area (Å²) in [5, 5.41) is 0. The summed E-state index contributed by atoms with van der Waals surface area (Å²) in [4.78, 5) is 21.1. The lowest BCUT2D eigenvalue weighted by Gasteiger charge is -1.99. The van der Waals surface area contributed by atoms with E-state index in [-0.39, 0.29) is 0 Å². The number of benzene rings is 2. The maximum absolute atomic E-state index is 4.81. The molecule has 0 aliphatic carbocycles. The van der Waals surface area contributed by atoms with Crippen LogP contribution in [0.1, 0.15) is 22.3 Å². The van der Waals surface area contributed by atoms with Crippen LogP contribution in [0.5, 0.6) is 0 Å². The monoisotopic (exact) mass is 367 g/mol. The zero-order valence-corrected chi connectivity index (χ0v) is 16.4. The summed E-state index contributed by atoms with van der Waals surface area (Å²) in [6, 6.07) is 14.4. The molecule has 28 heavy (non-hydrogen) atoms. The Morgan fingerprint density at radius 3 is 1.46 bits per heavy atom. The van der Waals surface area contributed by atoms with Crippen LogP contribution in [0.4, 0.5) is 0 Å². The third kappa shape index (κ3) is 2.67. The van der Waals surface area contributed by atoms with Crippen molar-refractivity contribution in [3.8, 4) is 23.0 Å². The molecule has 5 heteroatoms. The summed E-state index contributed by atoms with van der Waals surface area (Å²) in [5.74, 6) is 1.54. The first-order chi connectivity index (χ1) is 13.5. The molecule has 2 N–H and O–H groups in total. The van der Waals surface area contributed by atoms with E-state index >= 15 is 0 Å². The van der Waals surface area contributed by atoms with Crippen LogP contribution in [-0.4, -0.2) is 24.9 Å². The molecule has 0 aliphatic heterocycles. The molecule has 0 amide bonds. The molecule has 0 saturated heterocycles. The third-order valence-corrected chi connectivity index (χ3v) is 5.43. The normalized spacial score (nSPS) is 11.6. The Balaban J connectivity index is 1.60. The summed E-state index contributed by atoms with van der Waals surface area (Å²) < 4.78 is 0. The number of pyridine rings is 1. The molecule has 0 fully saturated rings. The summed E-state index contributed by atoms with van der Waals surface area (Å²) in [6.07, 6.45) is 0. The lowest BCUT2D eigenvalue weighted by Crippen LogP contribution is -1.90. The van der Waals surface area contributed by atoms with Crippen LogP contribution >= 0.6 is 0 Å². The van der Waals surface area contributed by atoms with Crippen molar-refractivity contribution in [2.45, 2.75) is 27.7 Å². The van der Waals surface area contributed by atoms with E-state index in [2.05, 4.69) is 61.9 Å². The van der Waals surface area contributed by atoms with Crippen molar-refractivity contribution < 1.29 is 0 Å². The lowest BCUT2D eigenvalue weighted by molar-refractivity contribution is 1.20. The lowest BCUT2D eigenvalue weighted by atomic mass is 10.1. The number of nitrogens with zero attached hydrogens (tertiary/aromatic N) is 3. The molecule has 3 aromatic heterocycles. The third-order valence-electron chi connectivity index (χ3n) is 5.43. The quantitative estimate of drug-likeness (QED) is 0.439. The number of nitrogens with one attached hydrogen (secondary N) is 2. The number of H-pyrrole nitrogens is 2. The second-order valence-corrected chi connectivity index (χ2v) is 7.49. The maximum Gasteiger partial charge on any atom is 0.157 e. The highest BCUT2D eigenvalue weighted by atomic mass is 15.0. The van der Waals surface area contributed by atoms with E-state index in [9.17, 15) is 0 Å². The van der Waals surface area contributed by atoms with E-state index in [1.165, 1.54) is 22.3 Å². The molecule has 0 atom stereocenters. The van der Waals surface area contributed by atoms with Gasteiger partial charge in [-0.3, -0.25) is 0 Å². The smallest absolute Gasteiger partial charge is 0.157 e. The van der Waals surface area contributed by atoms with Crippen molar-refractivity contribution in [3.05, 3.63) is 64.7 Å². The molecular weight excluding hydrogens is 346 g/mol. The number of rotatable bonds is 2. The fourth-order valence-corrected chi connectivity index (χ4v) is 3.48. The Labute approximate surface area is 162 Å². The summed E-state index contributed by atoms with van der Waals surface area (Å²) in [7, 11) is 0. The number of hydrogen-bond donors (Lipinski definition) is 2. The molecule has 0 radical (unpaired) electrons. The molecule has 5 aromatic rings. The topological polar surface area (TPSA) is 70.2 Å². The molecule has 5 nitrogen and oxygen atoms in total. The average molecular weight is 367 g/mol. The van der Waals surface area contributed by atoms with Crippen LogP contribution in [0.2, 0.25) is 0 Å². The van der Waals surface area contributed by atoms with Crippen LogP contribution in [0, 0.1) is 27.7 Å². The van der Waals surface area contributed by atoms with Crippen LogP contribution in [0.3, 0.4) is 0 Å². The van der Waals surface area contributed by atoms with Crippen LogP contribution in [0.15, 0.2) is 42.5 Å². The predicted octanol–water partition coefficient (Wildman–Crippen LogP) is 5.40. The molecule has 0 unspecified atom stereocenters. The molecule has 3 heterocycles. The largest absolute Gasteiger partial charge is 0.337 e. The summed E-state index contributed by atoms with van der Waals surface area (Å²) in [5.41, 5.74) is 10.5. The maximum atomic E-state index is 4.81. The van der Waals surface area contributed by atoms with Gasteiger partial charge in [0, 0.05) is 0 Å². The summed E-state index contributed by atoms with van der Waals surface area (Å²) in [6.45, 7) is 8.43. The first-order valence-corrected chi connectivity index (χ1v) is 9.40. The second-order valence-electron chi connectivity index (χ2n) is 7.49. The number of aromatic amines is 2. The molecular formula is C23H21N5. The first-order valence-electron chi connectivity index (χ1n) is 9.40. The molecule has 0 spiro atoms. The SMILES string of the molecule is Cc1cc2nc(-c3cccc(-c4nc5cc(C)c(C)cc5[nH]4)n3)[nH]c2cc1C. The second kappa shape index (κ2) is 6.02. The van der Waals surface area contributed by atoms with Gasteiger partial charge in [0.2, 0.25) is 0 Å². The van der Waals surface area contributed by atoms with E-state index in [1.54, 1.807) is 0 Å². The van der Waals surface area contributed by atoms with E-state index in [0.29, 0.717) is 0 Å². The highest BCUT2D eigenvalue weighted by Gasteiger charge is 2.12. The highest BCUT2D eigenvalue weighted by molar-refractivity contribution is 5.82. The number of fused-ring (bicyclic) bond motifs is 2. The van der Waals surface area contributed by atoms with Gasteiger partial charge in [0.25, 0.3) is 0 Å².